The molecule has 1 aromatic carbocycles. The smallest absolute Gasteiger partial charge is 0.257 e. The summed E-state index contributed by atoms with van der Waals surface area (Å²) in [6, 6.07) is 7.51. The van der Waals surface area contributed by atoms with Crippen molar-refractivity contribution in [2.75, 3.05) is 5.32 Å². The number of para-hydroxylation sites is 1. The molecule has 1 heterocycles. The zero-order valence-corrected chi connectivity index (χ0v) is 7.85. The fraction of sp³-hybridized carbons (Fsp3) is 0.100. The van der Waals surface area contributed by atoms with Crippen molar-refractivity contribution < 1.29 is 4.79 Å². The molecular weight excluding hydrogens is 186 g/mol. The Labute approximate surface area is 81.2 Å². The van der Waals surface area contributed by atoms with E-state index in [9.17, 15) is 4.79 Å². The van der Waals surface area contributed by atoms with Gasteiger partial charge >= 0.3 is 0 Å². The number of hydrogen-bond acceptors (Lipinski definition) is 1. The Morgan fingerprint density at radius 1 is 1.38 bits per heavy atom. The van der Waals surface area contributed by atoms with Crippen LogP contribution in [0.4, 0.5) is 5.69 Å². The molecule has 0 radical (unpaired) electrons. The maximum Gasteiger partial charge on any atom is 0.257 e. The molecule has 2 nitrogen and oxygen atoms in total. The number of carbonyl (C=O) groups excluding carboxylic acids is 1. The lowest BCUT2D eigenvalue weighted by Crippen LogP contribution is -2.04. The average molecular weight is 194 g/mol. The van der Waals surface area contributed by atoms with Crippen molar-refractivity contribution in [3.8, 4) is 0 Å². The van der Waals surface area contributed by atoms with Gasteiger partial charge in [0.25, 0.3) is 5.91 Å². The minimum atomic E-state index is -0.117. The van der Waals surface area contributed by atoms with Crippen LogP contribution in [-0.4, -0.2) is 5.91 Å². The second-order valence-corrected chi connectivity index (χ2v) is 3.48. The molecule has 1 aliphatic heterocycles. The molecule has 1 aromatic rings. The fourth-order valence-corrected chi connectivity index (χ4v) is 1.65. The highest BCUT2D eigenvalue weighted by Crippen LogP contribution is 2.34. The summed E-state index contributed by atoms with van der Waals surface area (Å²) in [6.45, 7) is 1.72. The Balaban J connectivity index is 2.67. The summed E-state index contributed by atoms with van der Waals surface area (Å²) in [7, 11) is 0. The van der Waals surface area contributed by atoms with E-state index < -0.39 is 0 Å². The Kier molecular flexibility index (Phi) is 1.85. The average Bonchev–Trinajstić information content (AvgIpc) is 2.39. The van der Waals surface area contributed by atoms with Gasteiger partial charge in [0.15, 0.2) is 0 Å². The first-order valence-electron chi connectivity index (χ1n) is 3.97. The Morgan fingerprint density at radius 3 is 2.77 bits per heavy atom. The van der Waals surface area contributed by atoms with Crippen LogP contribution in [0.5, 0.6) is 0 Å². The van der Waals surface area contributed by atoms with Crippen LogP contribution in [0.25, 0.3) is 5.57 Å². The lowest BCUT2D eigenvalue weighted by molar-refractivity contribution is -0.110. The van der Waals surface area contributed by atoms with Crippen LogP contribution in [0, 0.1) is 0 Å². The number of nitrogens with one attached hydrogen (secondary N) is 1. The summed E-state index contributed by atoms with van der Waals surface area (Å²) in [5.74, 6) is -0.117. The molecule has 0 fully saturated rings. The molecule has 1 aliphatic rings. The van der Waals surface area contributed by atoms with Crippen LogP contribution in [0.1, 0.15) is 12.5 Å². The molecule has 2 rings (SSSR count). The number of rotatable bonds is 0. The standard InChI is InChI=1S/C10H8ClNO/c1-6(11)9-7-4-2-3-5-8(7)12-10(9)13/h2-5H,1H3,(H,12,13)/b9-6+. The third kappa shape index (κ3) is 1.23. The highest BCUT2D eigenvalue weighted by molar-refractivity contribution is 6.43. The van der Waals surface area contributed by atoms with Gasteiger partial charge in [0, 0.05) is 16.3 Å². The van der Waals surface area contributed by atoms with E-state index in [4.69, 9.17) is 11.6 Å². The number of halogens is 1. The lowest BCUT2D eigenvalue weighted by Gasteiger charge is -1.96. The number of hydrogen-bond donors (Lipinski definition) is 1. The van der Waals surface area contributed by atoms with E-state index in [1.54, 1.807) is 6.92 Å². The number of carbonyl (C=O) groups is 1. The van der Waals surface area contributed by atoms with E-state index in [1.807, 2.05) is 24.3 Å². The van der Waals surface area contributed by atoms with Crippen LogP contribution < -0.4 is 5.32 Å². The Bertz CT molecular complexity index is 405. The predicted molar refractivity (Wildman–Crippen MR) is 53.5 cm³/mol. The molecular formula is C10H8ClNO. The van der Waals surface area contributed by atoms with E-state index >= 15 is 0 Å². The largest absolute Gasteiger partial charge is 0.321 e. The molecule has 0 atom stereocenters. The molecule has 0 unspecified atom stereocenters. The zero-order valence-electron chi connectivity index (χ0n) is 7.10. The van der Waals surface area contributed by atoms with Gasteiger partial charge in [-0.15, -0.1) is 0 Å². The molecule has 0 aromatic heterocycles. The van der Waals surface area contributed by atoms with Crippen LogP contribution in [0.2, 0.25) is 0 Å². The van der Waals surface area contributed by atoms with Crippen molar-refractivity contribution >= 4 is 28.8 Å². The van der Waals surface area contributed by atoms with Crippen LogP contribution in [-0.2, 0) is 4.79 Å². The van der Waals surface area contributed by atoms with Crippen molar-refractivity contribution in [1.82, 2.24) is 0 Å². The van der Waals surface area contributed by atoms with Gasteiger partial charge in [-0.05, 0) is 13.0 Å². The molecule has 0 saturated heterocycles. The topological polar surface area (TPSA) is 29.1 Å². The van der Waals surface area contributed by atoms with E-state index in [-0.39, 0.29) is 5.91 Å². The van der Waals surface area contributed by atoms with E-state index in [0.717, 1.165) is 11.3 Å². The predicted octanol–water partition coefficient (Wildman–Crippen LogP) is 2.61. The molecule has 3 heteroatoms. The second kappa shape index (κ2) is 2.89. The number of allylic oxidation sites excluding steroid dienone is 1. The van der Waals surface area contributed by atoms with Crippen LogP contribution >= 0.6 is 11.6 Å². The van der Waals surface area contributed by atoms with Crippen molar-refractivity contribution in [1.29, 1.82) is 0 Å². The SMILES string of the molecule is C/C(Cl)=C1\C(=O)Nc2ccccc21. The van der Waals surface area contributed by atoms with Crippen molar-refractivity contribution in [2.45, 2.75) is 6.92 Å². The van der Waals surface area contributed by atoms with Crippen molar-refractivity contribution in [3.05, 3.63) is 34.9 Å². The summed E-state index contributed by atoms with van der Waals surface area (Å²) < 4.78 is 0. The van der Waals surface area contributed by atoms with E-state index in [1.165, 1.54) is 0 Å². The summed E-state index contributed by atoms with van der Waals surface area (Å²) in [6.07, 6.45) is 0. The number of benzene rings is 1. The molecule has 1 amide bonds. The first-order valence-corrected chi connectivity index (χ1v) is 4.35. The maximum absolute atomic E-state index is 11.4. The van der Waals surface area contributed by atoms with Gasteiger partial charge in [-0.25, -0.2) is 0 Å². The Hall–Kier alpha value is -1.28. The zero-order chi connectivity index (χ0) is 9.42. The molecule has 1 N–H and O–H groups in total. The van der Waals surface area contributed by atoms with Gasteiger partial charge < -0.3 is 5.32 Å². The molecule has 0 aliphatic carbocycles. The van der Waals surface area contributed by atoms with E-state index in [0.29, 0.717) is 10.6 Å². The monoisotopic (exact) mass is 193 g/mol. The van der Waals surface area contributed by atoms with Gasteiger partial charge in [-0.3, -0.25) is 4.79 Å². The summed E-state index contributed by atoms with van der Waals surface area (Å²) in [5, 5.41) is 3.28. The van der Waals surface area contributed by atoms with Crippen molar-refractivity contribution in [3.63, 3.8) is 0 Å². The van der Waals surface area contributed by atoms with Gasteiger partial charge in [0.1, 0.15) is 0 Å². The van der Waals surface area contributed by atoms with E-state index in [2.05, 4.69) is 5.32 Å². The number of anilines is 1. The number of fused-ring (bicyclic) bond motifs is 1. The van der Waals surface area contributed by atoms with Gasteiger partial charge in [-0.1, -0.05) is 29.8 Å². The molecule has 66 valence electrons. The summed E-state index contributed by atoms with van der Waals surface area (Å²) in [4.78, 5) is 11.4. The quantitative estimate of drug-likeness (QED) is 0.631. The first kappa shape index (κ1) is 8.32. The van der Waals surface area contributed by atoms with Crippen LogP contribution in [0.3, 0.4) is 0 Å². The molecule has 0 saturated carbocycles. The summed E-state index contributed by atoms with van der Waals surface area (Å²) in [5.41, 5.74) is 2.31. The van der Waals surface area contributed by atoms with Crippen molar-refractivity contribution in [2.24, 2.45) is 0 Å². The molecule has 0 spiro atoms. The van der Waals surface area contributed by atoms with Gasteiger partial charge in [0.05, 0.1) is 5.57 Å². The maximum atomic E-state index is 11.4. The first-order chi connectivity index (χ1) is 6.20. The summed E-state index contributed by atoms with van der Waals surface area (Å²) >= 11 is 5.83. The molecule has 13 heavy (non-hydrogen) atoms. The van der Waals surface area contributed by atoms with Gasteiger partial charge in [-0.2, -0.15) is 0 Å². The highest BCUT2D eigenvalue weighted by atomic mass is 35.5. The Morgan fingerprint density at radius 2 is 2.08 bits per heavy atom. The highest BCUT2D eigenvalue weighted by Gasteiger charge is 2.24. The lowest BCUT2D eigenvalue weighted by atomic mass is 10.1. The second-order valence-electron chi connectivity index (χ2n) is 2.91. The molecule has 0 bridgehead atoms. The van der Waals surface area contributed by atoms with Crippen LogP contribution in [0.15, 0.2) is 29.3 Å². The third-order valence-corrected chi connectivity index (χ3v) is 2.21. The fourth-order valence-electron chi connectivity index (χ4n) is 1.46. The minimum Gasteiger partial charge on any atom is -0.321 e. The normalized spacial score (nSPS) is 18.2. The minimum absolute atomic E-state index is 0.117. The third-order valence-electron chi connectivity index (χ3n) is 2.02. The van der Waals surface area contributed by atoms with Gasteiger partial charge in [0.2, 0.25) is 0 Å². The number of amides is 1.